The molecule has 0 bridgehead atoms. The van der Waals surface area contributed by atoms with Gasteiger partial charge in [0, 0.05) is 0 Å². The first-order valence-electron chi connectivity index (χ1n) is 3.02. The minimum Gasteiger partial charge on any atom is -0.545 e. The molecule has 2 N–H and O–H groups in total. The van der Waals surface area contributed by atoms with E-state index in [0.29, 0.717) is 0 Å². The molecule has 11 heavy (non-hydrogen) atoms. The maximum absolute atomic E-state index is 10.8. The van der Waals surface area contributed by atoms with Crippen LogP contribution in [0, 0.1) is 0 Å². The molecule has 0 aromatic heterocycles. The number of carbonyl (C=O) groups is 2. The first kappa shape index (κ1) is 7.68. The molecule has 0 spiro atoms. The Morgan fingerprint density at radius 1 is 1.64 bits per heavy atom. The molecule has 4 nitrogen and oxygen atoms in total. The average Bonchev–Trinajstić information content (AvgIpc) is 1.94. The van der Waals surface area contributed by atoms with E-state index >= 15 is 0 Å². The number of aliphatic carboxylic acids is 1. The van der Waals surface area contributed by atoms with Gasteiger partial charge in [0.25, 0.3) is 0 Å². The molecule has 0 aromatic carbocycles. The van der Waals surface area contributed by atoms with Crippen LogP contribution in [0.5, 0.6) is 0 Å². The molecule has 1 unspecified atom stereocenters. The summed E-state index contributed by atoms with van der Waals surface area (Å²) in [5, 5.41) is 10.3. The van der Waals surface area contributed by atoms with Gasteiger partial charge in [0.05, 0.1) is 12.0 Å². The van der Waals surface area contributed by atoms with Crippen molar-refractivity contribution in [2.75, 3.05) is 0 Å². The summed E-state index contributed by atoms with van der Waals surface area (Å²) in [6, 6.07) is -1.06. The zero-order valence-corrected chi connectivity index (χ0v) is 5.61. The number of carboxylic acid groups (broad SMARTS) is 1. The lowest BCUT2D eigenvalue weighted by Crippen LogP contribution is -2.41. The number of rotatable bonds is 1. The molecule has 1 rings (SSSR count). The molecular formula is C7H6NO3-. The maximum atomic E-state index is 10.8. The van der Waals surface area contributed by atoms with E-state index in [-0.39, 0.29) is 5.57 Å². The number of hydrogen-bond acceptors (Lipinski definition) is 4. The fourth-order valence-corrected chi connectivity index (χ4v) is 0.802. The second kappa shape index (κ2) is 2.67. The lowest BCUT2D eigenvalue weighted by Gasteiger charge is -2.15. The molecule has 0 radical (unpaired) electrons. The van der Waals surface area contributed by atoms with Crippen molar-refractivity contribution < 1.29 is 14.7 Å². The van der Waals surface area contributed by atoms with Gasteiger partial charge >= 0.3 is 0 Å². The van der Waals surface area contributed by atoms with Gasteiger partial charge in [-0.3, -0.25) is 4.79 Å². The third kappa shape index (κ3) is 1.35. The van der Waals surface area contributed by atoms with E-state index in [9.17, 15) is 14.7 Å². The summed E-state index contributed by atoms with van der Waals surface area (Å²) in [4.78, 5) is 21.0. The van der Waals surface area contributed by atoms with Gasteiger partial charge in [-0.15, -0.1) is 0 Å². The van der Waals surface area contributed by atoms with Crippen LogP contribution in [0.1, 0.15) is 0 Å². The molecule has 0 aliphatic heterocycles. The molecule has 1 aliphatic carbocycles. The second-order valence-corrected chi connectivity index (χ2v) is 2.15. The standard InChI is InChI=1S/C7H7NO3/c8-6-4(7(10)11)2-1-3-5(6)9/h1-3,6H,8H2,(H,10,11)/p-1. The summed E-state index contributed by atoms with van der Waals surface area (Å²) in [5.41, 5.74) is 5.06. The highest BCUT2D eigenvalue weighted by atomic mass is 16.4. The number of allylic oxidation sites excluding steroid dienone is 2. The van der Waals surface area contributed by atoms with Gasteiger partial charge in [0.2, 0.25) is 0 Å². The van der Waals surface area contributed by atoms with Crippen molar-refractivity contribution in [2.24, 2.45) is 5.73 Å². The number of ketones is 1. The molecule has 1 atom stereocenters. The topological polar surface area (TPSA) is 83.2 Å². The third-order valence-corrected chi connectivity index (χ3v) is 1.41. The first-order chi connectivity index (χ1) is 5.13. The van der Waals surface area contributed by atoms with Crippen LogP contribution in [-0.4, -0.2) is 17.8 Å². The van der Waals surface area contributed by atoms with Crippen molar-refractivity contribution in [3.63, 3.8) is 0 Å². The minimum absolute atomic E-state index is 0.169. The highest BCUT2D eigenvalue weighted by molar-refractivity contribution is 6.05. The third-order valence-electron chi connectivity index (χ3n) is 1.41. The van der Waals surface area contributed by atoms with Crippen LogP contribution in [0.25, 0.3) is 0 Å². The Kier molecular flexibility index (Phi) is 1.87. The summed E-state index contributed by atoms with van der Waals surface area (Å²) in [6.45, 7) is 0. The van der Waals surface area contributed by atoms with E-state index in [1.54, 1.807) is 0 Å². The van der Waals surface area contributed by atoms with Gasteiger partial charge in [0.15, 0.2) is 5.78 Å². The second-order valence-electron chi connectivity index (χ2n) is 2.15. The summed E-state index contributed by atoms with van der Waals surface area (Å²) in [6.07, 6.45) is 3.84. The first-order valence-corrected chi connectivity index (χ1v) is 3.02. The zero-order valence-electron chi connectivity index (χ0n) is 5.61. The van der Waals surface area contributed by atoms with Crippen molar-refractivity contribution in [3.8, 4) is 0 Å². The van der Waals surface area contributed by atoms with Gasteiger partial charge in [-0.05, 0) is 11.6 Å². The lowest BCUT2D eigenvalue weighted by atomic mass is 9.99. The Morgan fingerprint density at radius 3 is 2.73 bits per heavy atom. The fraction of sp³-hybridized carbons (Fsp3) is 0.143. The summed E-state index contributed by atoms with van der Waals surface area (Å²) >= 11 is 0. The van der Waals surface area contributed by atoms with Crippen LogP contribution in [0.15, 0.2) is 23.8 Å². The number of nitrogens with two attached hydrogens (primary N) is 1. The summed E-state index contributed by atoms with van der Waals surface area (Å²) in [5.74, 6) is -1.80. The monoisotopic (exact) mass is 152 g/mol. The Hall–Kier alpha value is -1.42. The van der Waals surface area contributed by atoms with Crippen LogP contribution in [0.3, 0.4) is 0 Å². The zero-order chi connectivity index (χ0) is 8.43. The van der Waals surface area contributed by atoms with Gasteiger partial charge < -0.3 is 15.6 Å². The van der Waals surface area contributed by atoms with Gasteiger partial charge in [-0.1, -0.05) is 12.2 Å². The predicted octanol–water partition coefficient (Wildman–Crippen LogP) is -1.87. The van der Waals surface area contributed by atoms with Crippen molar-refractivity contribution in [1.29, 1.82) is 0 Å². The van der Waals surface area contributed by atoms with E-state index in [4.69, 9.17) is 5.73 Å². The van der Waals surface area contributed by atoms with E-state index in [0.717, 1.165) is 0 Å². The Labute approximate surface area is 63.0 Å². The Bertz CT molecular complexity index is 265. The molecule has 0 heterocycles. The highest BCUT2D eigenvalue weighted by Crippen LogP contribution is 2.06. The normalized spacial score (nSPS) is 23.2. The predicted molar refractivity (Wildman–Crippen MR) is 35.2 cm³/mol. The highest BCUT2D eigenvalue weighted by Gasteiger charge is 2.18. The summed E-state index contributed by atoms with van der Waals surface area (Å²) in [7, 11) is 0. The summed E-state index contributed by atoms with van der Waals surface area (Å²) < 4.78 is 0. The molecule has 58 valence electrons. The van der Waals surface area contributed by atoms with E-state index < -0.39 is 17.8 Å². The maximum Gasteiger partial charge on any atom is 0.176 e. The van der Waals surface area contributed by atoms with Crippen LogP contribution >= 0.6 is 0 Å². The number of carbonyl (C=O) groups excluding carboxylic acids is 2. The van der Waals surface area contributed by atoms with E-state index in [2.05, 4.69) is 0 Å². The van der Waals surface area contributed by atoms with Crippen molar-refractivity contribution >= 4 is 11.8 Å². The minimum atomic E-state index is -1.39. The van der Waals surface area contributed by atoms with Crippen molar-refractivity contribution in [3.05, 3.63) is 23.8 Å². The van der Waals surface area contributed by atoms with Crippen LogP contribution < -0.4 is 10.8 Å². The molecule has 4 heteroatoms. The Balaban J connectivity index is 2.96. The molecule has 0 amide bonds. The molecule has 0 fully saturated rings. The van der Waals surface area contributed by atoms with Gasteiger partial charge in [-0.25, -0.2) is 0 Å². The van der Waals surface area contributed by atoms with Crippen LogP contribution in [-0.2, 0) is 9.59 Å². The van der Waals surface area contributed by atoms with Gasteiger partial charge in [0.1, 0.15) is 0 Å². The molecule has 0 saturated heterocycles. The smallest absolute Gasteiger partial charge is 0.176 e. The quantitative estimate of drug-likeness (QED) is 0.477. The van der Waals surface area contributed by atoms with E-state index in [1.165, 1.54) is 18.2 Å². The largest absolute Gasteiger partial charge is 0.545 e. The fourth-order valence-electron chi connectivity index (χ4n) is 0.802. The van der Waals surface area contributed by atoms with Crippen LogP contribution in [0.4, 0.5) is 0 Å². The molecule has 0 saturated carbocycles. The van der Waals surface area contributed by atoms with Crippen molar-refractivity contribution in [2.45, 2.75) is 6.04 Å². The van der Waals surface area contributed by atoms with E-state index in [1.807, 2.05) is 0 Å². The molecule has 0 aromatic rings. The molecular weight excluding hydrogens is 146 g/mol. The number of carboxylic acids is 1. The van der Waals surface area contributed by atoms with Crippen LogP contribution in [0.2, 0.25) is 0 Å². The Morgan fingerprint density at radius 2 is 2.27 bits per heavy atom. The SMILES string of the molecule is NC1C(=O)C=CC=C1C(=O)[O-]. The van der Waals surface area contributed by atoms with Gasteiger partial charge in [-0.2, -0.15) is 0 Å². The van der Waals surface area contributed by atoms with Crippen molar-refractivity contribution in [1.82, 2.24) is 0 Å². The number of hydrogen-bond donors (Lipinski definition) is 1. The average molecular weight is 152 g/mol. The molecule has 1 aliphatic rings. The lowest BCUT2D eigenvalue weighted by molar-refractivity contribution is -0.299.